The number of hydrogen-bond donors (Lipinski definition) is 0. The highest BCUT2D eigenvalue weighted by molar-refractivity contribution is 5.86. The molecule has 1 amide bonds. The molecule has 1 fully saturated rings. The molecule has 0 unspecified atom stereocenters. The second-order valence-electron chi connectivity index (χ2n) is 8.85. The van der Waals surface area contributed by atoms with Gasteiger partial charge in [-0.1, -0.05) is 48.5 Å². The van der Waals surface area contributed by atoms with Crippen molar-refractivity contribution < 1.29 is 23.7 Å². The van der Waals surface area contributed by atoms with Crippen molar-refractivity contribution in [1.29, 1.82) is 0 Å². The zero-order valence-corrected chi connectivity index (χ0v) is 20.9. The first-order valence-corrected chi connectivity index (χ1v) is 12.4. The summed E-state index contributed by atoms with van der Waals surface area (Å²) in [7, 11) is 0. The van der Waals surface area contributed by atoms with Crippen LogP contribution in [-0.2, 0) is 22.7 Å². The molecule has 4 aromatic rings. The predicted molar refractivity (Wildman–Crippen MR) is 141 cm³/mol. The summed E-state index contributed by atoms with van der Waals surface area (Å²) in [5, 5.41) is 0.972. The first-order chi connectivity index (χ1) is 18.2. The summed E-state index contributed by atoms with van der Waals surface area (Å²) in [6.07, 6.45) is 0. The van der Waals surface area contributed by atoms with E-state index in [0.29, 0.717) is 44.4 Å². The monoisotopic (exact) mass is 498 g/mol. The predicted octanol–water partition coefficient (Wildman–Crippen LogP) is 4.94. The molecule has 190 valence electrons. The van der Waals surface area contributed by atoms with Crippen LogP contribution in [0.2, 0.25) is 0 Å². The van der Waals surface area contributed by atoms with E-state index in [1.165, 1.54) is 0 Å². The molecule has 1 aliphatic rings. The number of fused-ring (bicyclic) bond motifs is 1. The number of morpholine rings is 1. The topological polar surface area (TPSA) is 70.1 Å². The molecule has 1 saturated heterocycles. The van der Waals surface area contributed by atoms with Crippen LogP contribution in [0.4, 0.5) is 0 Å². The van der Waals surface area contributed by atoms with E-state index in [0.717, 1.165) is 33.5 Å². The molecule has 0 radical (unpaired) electrons. The molecule has 7 heteroatoms. The zero-order valence-electron chi connectivity index (χ0n) is 20.9. The second kappa shape index (κ2) is 11.8. The van der Waals surface area contributed by atoms with Gasteiger partial charge in [0.1, 0.15) is 30.5 Å². The normalized spacial score (nSPS) is 13.4. The number of carbonyl (C=O) groups excluding carboxylic acids is 1. The Bertz CT molecular complexity index is 1350. The van der Waals surface area contributed by atoms with E-state index in [4.69, 9.17) is 23.9 Å². The average molecular weight is 499 g/mol. The maximum Gasteiger partial charge on any atom is 0.260 e. The molecule has 0 bridgehead atoms. The van der Waals surface area contributed by atoms with Crippen LogP contribution < -0.4 is 14.2 Å². The first-order valence-electron chi connectivity index (χ1n) is 12.4. The van der Waals surface area contributed by atoms with Crippen LogP contribution in [0.5, 0.6) is 17.2 Å². The number of para-hydroxylation sites is 1. The molecule has 3 aromatic carbocycles. The van der Waals surface area contributed by atoms with Crippen molar-refractivity contribution in [2.45, 2.75) is 20.1 Å². The molecular formula is C30H30N2O5. The fraction of sp³-hybridized carbons (Fsp3) is 0.267. The van der Waals surface area contributed by atoms with Gasteiger partial charge in [0.2, 0.25) is 0 Å². The molecule has 2 heterocycles. The SMILES string of the molecule is Cc1c(COc2cccc(OCC(=O)N3CCOCC3)c2)nc2ccccc2c1OCc1ccccc1. The molecule has 1 aliphatic heterocycles. The average Bonchev–Trinajstić information content (AvgIpc) is 2.95. The van der Waals surface area contributed by atoms with Crippen molar-refractivity contribution >= 4 is 16.8 Å². The molecule has 7 nitrogen and oxygen atoms in total. The number of pyridine rings is 1. The third kappa shape index (κ3) is 6.19. The van der Waals surface area contributed by atoms with E-state index in [1.54, 1.807) is 11.0 Å². The van der Waals surface area contributed by atoms with Gasteiger partial charge < -0.3 is 23.8 Å². The first kappa shape index (κ1) is 24.6. The maximum absolute atomic E-state index is 12.4. The van der Waals surface area contributed by atoms with E-state index in [-0.39, 0.29) is 19.1 Å². The molecule has 0 spiro atoms. The number of nitrogens with zero attached hydrogens (tertiary/aromatic N) is 2. The van der Waals surface area contributed by atoms with Gasteiger partial charge in [0, 0.05) is 30.1 Å². The van der Waals surface area contributed by atoms with Crippen LogP contribution in [0, 0.1) is 6.92 Å². The Morgan fingerprint density at radius 1 is 0.865 bits per heavy atom. The summed E-state index contributed by atoms with van der Waals surface area (Å²) in [5.41, 5.74) is 3.70. The minimum Gasteiger partial charge on any atom is -0.488 e. The van der Waals surface area contributed by atoms with E-state index in [9.17, 15) is 4.79 Å². The number of carbonyl (C=O) groups is 1. The lowest BCUT2D eigenvalue weighted by atomic mass is 10.1. The largest absolute Gasteiger partial charge is 0.488 e. The van der Waals surface area contributed by atoms with Gasteiger partial charge in [0.15, 0.2) is 6.61 Å². The van der Waals surface area contributed by atoms with Crippen molar-refractivity contribution in [2.75, 3.05) is 32.9 Å². The van der Waals surface area contributed by atoms with Gasteiger partial charge in [-0.05, 0) is 36.8 Å². The molecule has 0 aliphatic carbocycles. The number of aromatic nitrogens is 1. The van der Waals surface area contributed by atoms with Crippen molar-refractivity contribution in [3.8, 4) is 17.2 Å². The summed E-state index contributed by atoms with van der Waals surface area (Å²) >= 11 is 0. The number of ether oxygens (including phenoxy) is 4. The minimum atomic E-state index is -0.0476. The summed E-state index contributed by atoms with van der Waals surface area (Å²) in [4.78, 5) is 19.0. The molecular weight excluding hydrogens is 468 g/mol. The maximum atomic E-state index is 12.4. The lowest BCUT2D eigenvalue weighted by Crippen LogP contribution is -2.42. The standard InChI is InChI=1S/C30H30N2O5/c1-22-28(31-27-13-6-5-12-26(27)30(22)37-19-23-8-3-2-4-9-23)20-35-24-10-7-11-25(18-24)36-21-29(33)32-14-16-34-17-15-32/h2-13,18H,14-17,19-21H2,1H3. The van der Waals surface area contributed by atoms with Gasteiger partial charge in [0.25, 0.3) is 5.91 Å². The highest BCUT2D eigenvalue weighted by Crippen LogP contribution is 2.32. The smallest absolute Gasteiger partial charge is 0.260 e. The van der Waals surface area contributed by atoms with E-state index < -0.39 is 0 Å². The van der Waals surface area contributed by atoms with Crippen LogP contribution in [0.3, 0.4) is 0 Å². The number of hydrogen-bond acceptors (Lipinski definition) is 6. The Morgan fingerprint density at radius 2 is 1.59 bits per heavy atom. The van der Waals surface area contributed by atoms with Crippen LogP contribution in [0.15, 0.2) is 78.9 Å². The fourth-order valence-corrected chi connectivity index (χ4v) is 4.24. The highest BCUT2D eigenvalue weighted by Gasteiger charge is 2.17. The summed E-state index contributed by atoms with van der Waals surface area (Å²) < 4.78 is 23.4. The van der Waals surface area contributed by atoms with Gasteiger partial charge in [-0.25, -0.2) is 4.98 Å². The van der Waals surface area contributed by atoms with Gasteiger partial charge in [0.05, 0.1) is 24.4 Å². The second-order valence-corrected chi connectivity index (χ2v) is 8.85. The van der Waals surface area contributed by atoms with Crippen molar-refractivity contribution in [3.05, 3.63) is 95.7 Å². The highest BCUT2D eigenvalue weighted by atomic mass is 16.5. The van der Waals surface area contributed by atoms with Crippen molar-refractivity contribution in [2.24, 2.45) is 0 Å². The van der Waals surface area contributed by atoms with Gasteiger partial charge in [-0.3, -0.25) is 4.79 Å². The Hall–Kier alpha value is -4.10. The van der Waals surface area contributed by atoms with E-state index in [1.807, 2.05) is 79.7 Å². The van der Waals surface area contributed by atoms with Crippen LogP contribution in [-0.4, -0.2) is 48.7 Å². The molecule has 37 heavy (non-hydrogen) atoms. The zero-order chi connectivity index (χ0) is 25.5. The van der Waals surface area contributed by atoms with Crippen molar-refractivity contribution in [3.63, 3.8) is 0 Å². The molecule has 0 N–H and O–H groups in total. The van der Waals surface area contributed by atoms with E-state index in [2.05, 4.69) is 0 Å². The Kier molecular flexibility index (Phi) is 7.81. The number of benzene rings is 3. The summed E-state index contributed by atoms with van der Waals surface area (Å²) in [6.45, 7) is 5.06. The number of amides is 1. The third-order valence-corrected chi connectivity index (χ3v) is 6.31. The quantitative estimate of drug-likeness (QED) is 0.326. The van der Waals surface area contributed by atoms with Crippen molar-refractivity contribution in [1.82, 2.24) is 9.88 Å². The minimum absolute atomic E-state index is 0.0170. The molecule has 0 saturated carbocycles. The Morgan fingerprint density at radius 3 is 2.41 bits per heavy atom. The Balaban J connectivity index is 1.27. The van der Waals surface area contributed by atoms with Crippen LogP contribution >= 0.6 is 0 Å². The third-order valence-electron chi connectivity index (χ3n) is 6.31. The molecule has 5 rings (SSSR count). The Labute approximate surface area is 216 Å². The lowest BCUT2D eigenvalue weighted by Gasteiger charge is -2.26. The van der Waals surface area contributed by atoms with Crippen LogP contribution in [0.1, 0.15) is 16.8 Å². The summed E-state index contributed by atoms with van der Waals surface area (Å²) in [5.74, 6) is 1.98. The van der Waals surface area contributed by atoms with E-state index >= 15 is 0 Å². The molecule has 0 atom stereocenters. The molecule has 1 aromatic heterocycles. The summed E-state index contributed by atoms with van der Waals surface area (Å²) in [6, 6.07) is 25.4. The lowest BCUT2D eigenvalue weighted by molar-refractivity contribution is -0.137. The fourth-order valence-electron chi connectivity index (χ4n) is 4.24. The van der Waals surface area contributed by atoms with Gasteiger partial charge >= 0.3 is 0 Å². The number of rotatable bonds is 9. The van der Waals surface area contributed by atoms with Gasteiger partial charge in [-0.15, -0.1) is 0 Å². The van der Waals surface area contributed by atoms with Crippen LogP contribution in [0.25, 0.3) is 10.9 Å². The van der Waals surface area contributed by atoms with Gasteiger partial charge in [-0.2, -0.15) is 0 Å².